The maximum Gasteiger partial charge on any atom is 0.333 e. The molecule has 0 aliphatic heterocycles. The number of aryl methyl sites for hydroxylation is 2. The summed E-state index contributed by atoms with van der Waals surface area (Å²) in [5.74, 6) is -0.658. The third-order valence-electron chi connectivity index (χ3n) is 5.68. The monoisotopic (exact) mass is 431 g/mol. The summed E-state index contributed by atoms with van der Waals surface area (Å²) in [5.41, 5.74) is 5.99. The Bertz CT molecular complexity index is 1080. The van der Waals surface area contributed by atoms with E-state index in [1.165, 1.54) is 23.3 Å². The number of nitrogens with zero attached hydrogens (tertiary/aromatic N) is 1. The number of benzene rings is 2. The lowest BCUT2D eigenvalue weighted by Gasteiger charge is -2.17. The largest absolute Gasteiger partial charge is 0.333 e. The molecule has 0 fully saturated rings. The van der Waals surface area contributed by atoms with Crippen LogP contribution in [0.4, 0.5) is 14.9 Å². The first-order valence-corrected chi connectivity index (χ1v) is 11.7. The van der Waals surface area contributed by atoms with Crippen LogP contribution in [0.25, 0.3) is 0 Å². The number of halogens is 1. The summed E-state index contributed by atoms with van der Waals surface area (Å²) in [6.45, 7) is 0.384. The van der Waals surface area contributed by atoms with E-state index in [1.54, 1.807) is 0 Å². The molecule has 0 radical (unpaired) electrons. The molecule has 2 aliphatic carbocycles. The number of carbonyl (C=O) groups excluding carboxylic acids is 1. The summed E-state index contributed by atoms with van der Waals surface area (Å²) in [4.78, 5) is 14.2. The van der Waals surface area contributed by atoms with Crippen LogP contribution < -0.4 is 10.0 Å². The molecule has 0 saturated heterocycles. The molecule has 0 atom stereocenters. The molecule has 8 heteroatoms. The lowest BCUT2D eigenvalue weighted by atomic mass is 9.99. The topological polar surface area (TPSA) is 78.5 Å². The van der Waals surface area contributed by atoms with Crippen LogP contribution in [0.1, 0.15) is 40.7 Å². The van der Waals surface area contributed by atoms with Crippen LogP contribution in [-0.4, -0.2) is 33.4 Å². The number of sulfonamides is 1. The van der Waals surface area contributed by atoms with Crippen LogP contribution in [0.5, 0.6) is 0 Å². The quantitative estimate of drug-likeness (QED) is 0.761. The molecule has 2 aromatic rings. The first-order valence-electron chi connectivity index (χ1n) is 10.2. The number of anilines is 1. The van der Waals surface area contributed by atoms with Crippen molar-refractivity contribution in [2.75, 3.05) is 19.4 Å². The molecule has 0 saturated carbocycles. The van der Waals surface area contributed by atoms with E-state index in [1.807, 2.05) is 19.0 Å². The average Bonchev–Trinajstić information content (AvgIpc) is 3.29. The van der Waals surface area contributed by atoms with Crippen LogP contribution in [0.15, 0.2) is 29.2 Å². The molecule has 0 unspecified atom stereocenters. The van der Waals surface area contributed by atoms with Gasteiger partial charge in [0.2, 0.25) is 0 Å². The van der Waals surface area contributed by atoms with Gasteiger partial charge in [-0.05, 0) is 98.6 Å². The number of rotatable bonds is 5. The van der Waals surface area contributed by atoms with Gasteiger partial charge >= 0.3 is 6.03 Å². The fourth-order valence-corrected chi connectivity index (χ4v) is 5.51. The van der Waals surface area contributed by atoms with Gasteiger partial charge in [-0.1, -0.05) is 6.07 Å². The molecule has 0 bridgehead atoms. The van der Waals surface area contributed by atoms with E-state index in [0.717, 1.165) is 61.4 Å². The van der Waals surface area contributed by atoms with Gasteiger partial charge in [-0.3, -0.25) is 0 Å². The van der Waals surface area contributed by atoms with E-state index >= 15 is 0 Å². The lowest BCUT2D eigenvalue weighted by molar-refractivity contribution is 0.256. The Morgan fingerprint density at radius 2 is 1.63 bits per heavy atom. The first kappa shape index (κ1) is 20.8. The van der Waals surface area contributed by atoms with Gasteiger partial charge in [-0.15, -0.1) is 0 Å². The maximum atomic E-state index is 14.0. The number of fused-ring (bicyclic) bond motifs is 2. The molecular formula is C22H26FN3O3S. The molecule has 2 aliphatic rings. The Labute approximate surface area is 176 Å². The van der Waals surface area contributed by atoms with Gasteiger partial charge < -0.3 is 10.2 Å². The smallest absolute Gasteiger partial charge is 0.307 e. The van der Waals surface area contributed by atoms with Gasteiger partial charge in [0.1, 0.15) is 5.82 Å². The molecule has 0 heterocycles. The Hall–Kier alpha value is -2.45. The minimum Gasteiger partial charge on any atom is -0.307 e. The van der Waals surface area contributed by atoms with Gasteiger partial charge in [-0.2, -0.15) is 0 Å². The molecular weight excluding hydrogens is 405 g/mol. The highest BCUT2D eigenvalue weighted by molar-refractivity contribution is 7.90. The van der Waals surface area contributed by atoms with Crippen LogP contribution in [0.3, 0.4) is 0 Å². The normalized spacial score (nSPS) is 15.2. The number of urea groups is 1. The molecule has 160 valence electrons. The van der Waals surface area contributed by atoms with Crippen molar-refractivity contribution in [3.8, 4) is 0 Å². The Balaban J connectivity index is 1.58. The van der Waals surface area contributed by atoms with Crippen molar-refractivity contribution in [1.29, 1.82) is 0 Å². The summed E-state index contributed by atoms with van der Waals surface area (Å²) in [5, 5.41) is 2.80. The Morgan fingerprint density at radius 1 is 1.00 bits per heavy atom. The van der Waals surface area contributed by atoms with Crippen molar-refractivity contribution in [2.24, 2.45) is 0 Å². The van der Waals surface area contributed by atoms with Crippen molar-refractivity contribution in [1.82, 2.24) is 9.62 Å². The highest BCUT2D eigenvalue weighted by Crippen LogP contribution is 2.38. The number of hydrogen-bond donors (Lipinski definition) is 2. The summed E-state index contributed by atoms with van der Waals surface area (Å²) in [7, 11) is -0.595. The van der Waals surface area contributed by atoms with E-state index in [9.17, 15) is 17.6 Å². The number of nitrogens with one attached hydrogen (secondary N) is 2. The fourth-order valence-electron chi connectivity index (χ4n) is 4.52. The van der Waals surface area contributed by atoms with Crippen LogP contribution in [0, 0.1) is 5.82 Å². The maximum absolute atomic E-state index is 14.0. The highest BCUT2D eigenvalue weighted by Gasteiger charge is 2.26. The Morgan fingerprint density at radius 3 is 2.23 bits per heavy atom. The van der Waals surface area contributed by atoms with Crippen LogP contribution in [-0.2, 0) is 42.3 Å². The van der Waals surface area contributed by atoms with Gasteiger partial charge in [-0.25, -0.2) is 22.3 Å². The average molecular weight is 432 g/mol. The second kappa shape index (κ2) is 8.00. The van der Waals surface area contributed by atoms with E-state index in [2.05, 4.69) is 16.1 Å². The summed E-state index contributed by atoms with van der Waals surface area (Å²) >= 11 is 0. The summed E-state index contributed by atoms with van der Waals surface area (Å²) < 4.78 is 41.5. The van der Waals surface area contributed by atoms with Crippen LogP contribution in [0.2, 0.25) is 0 Å². The summed E-state index contributed by atoms with van der Waals surface area (Å²) in [6, 6.07) is 5.02. The van der Waals surface area contributed by atoms with Gasteiger partial charge in [0.05, 0.1) is 4.90 Å². The number of carbonyl (C=O) groups is 1. The molecule has 0 aromatic heterocycles. The van der Waals surface area contributed by atoms with Crippen molar-refractivity contribution in [2.45, 2.75) is 50.0 Å². The second-order valence-electron chi connectivity index (χ2n) is 8.33. The SMILES string of the molecule is CN(C)Cc1cc(F)cc(S(=O)(=O)NC(=O)Nc2c3c(cc4c2CCC4)CCC3)c1. The van der Waals surface area contributed by atoms with Gasteiger partial charge in [0.15, 0.2) is 0 Å². The van der Waals surface area contributed by atoms with Crippen molar-refractivity contribution in [3.63, 3.8) is 0 Å². The zero-order valence-corrected chi connectivity index (χ0v) is 18.0. The molecule has 2 amide bonds. The van der Waals surface area contributed by atoms with E-state index in [-0.39, 0.29) is 4.90 Å². The third-order valence-corrected chi connectivity index (χ3v) is 6.99. The molecule has 4 rings (SSSR count). The molecule has 2 N–H and O–H groups in total. The predicted molar refractivity (Wildman–Crippen MR) is 114 cm³/mol. The van der Waals surface area contributed by atoms with E-state index in [0.29, 0.717) is 12.1 Å². The molecule has 30 heavy (non-hydrogen) atoms. The van der Waals surface area contributed by atoms with E-state index < -0.39 is 21.9 Å². The Kier molecular flexibility index (Phi) is 5.55. The minimum absolute atomic E-state index is 0.266. The lowest BCUT2D eigenvalue weighted by Crippen LogP contribution is -2.35. The third kappa shape index (κ3) is 4.20. The zero-order valence-electron chi connectivity index (χ0n) is 17.2. The van der Waals surface area contributed by atoms with Crippen molar-refractivity contribution < 1.29 is 17.6 Å². The molecule has 0 spiro atoms. The van der Waals surface area contributed by atoms with E-state index in [4.69, 9.17) is 0 Å². The zero-order chi connectivity index (χ0) is 21.5. The number of hydrogen-bond acceptors (Lipinski definition) is 4. The molecule has 2 aromatic carbocycles. The molecule has 6 nitrogen and oxygen atoms in total. The standard InChI is InChI=1S/C22H26FN3O3S/c1-26(2)13-14-9-17(23)12-18(10-14)30(28,29)25-22(27)24-21-19-7-3-5-15(19)11-16-6-4-8-20(16)21/h9-12H,3-8,13H2,1-2H3,(H2,24,25,27). The van der Waals surface area contributed by atoms with Crippen LogP contribution >= 0.6 is 0 Å². The van der Waals surface area contributed by atoms with Gasteiger partial charge in [0, 0.05) is 12.2 Å². The fraction of sp³-hybridized carbons (Fsp3) is 0.409. The predicted octanol–water partition coefficient (Wildman–Crippen LogP) is 3.38. The van der Waals surface area contributed by atoms with Crippen molar-refractivity contribution in [3.05, 3.63) is 57.9 Å². The highest BCUT2D eigenvalue weighted by atomic mass is 32.2. The summed E-state index contributed by atoms with van der Waals surface area (Å²) in [6.07, 6.45) is 5.78. The van der Waals surface area contributed by atoms with Gasteiger partial charge in [0.25, 0.3) is 10.0 Å². The minimum atomic E-state index is -4.21. The van der Waals surface area contributed by atoms with Crippen molar-refractivity contribution >= 4 is 21.7 Å². The second-order valence-corrected chi connectivity index (χ2v) is 10.0. The number of amides is 2. The first-order chi connectivity index (χ1) is 14.2.